The van der Waals surface area contributed by atoms with Gasteiger partial charge in [0.15, 0.2) is 0 Å². The van der Waals surface area contributed by atoms with Crippen molar-refractivity contribution in [2.45, 2.75) is 57.8 Å². The van der Waals surface area contributed by atoms with E-state index in [1.165, 1.54) is 0 Å². The Kier molecular flexibility index (Phi) is 10.9. The lowest BCUT2D eigenvalue weighted by Gasteiger charge is -2.40. The van der Waals surface area contributed by atoms with Crippen LogP contribution in [0.1, 0.15) is 49.2 Å². The number of carbonyl (C=O) groups excluding carboxylic acids is 2. The maximum atomic E-state index is 13.9. The van der Waals surface area contributed by atoms with E-state index >= 15 is 0 Å². The second-order valence-corrected chi connectivity index (χ2v) is 12.9. The predicted octanol–water partition coefficient (Wildman–Crippen LogP) is 5.88. The summed E-state index contributed by atoms with van der Waals surface area (Å²) in [6, 6.07) is 25.0. The van der Waals surface area contributed by atoms with Crippen LogP contribution in [0, 0.1) is 11.3 Å². The molecule has 12 nitrogen and oxygen atoms in total. The van der Waals surface area contributed by atoms with Crippen LogP contribution in [0.15, 0.2) is 72.8 Å². The number of amides is 2. The van der Waals surface area contributed by atoms with Crippen molar-refractivity contribution in [3.63, 3.8) is 0 Å². The highest BCUT2D eigenvalue weighted by atomic mass is 16.6. The Morgan fingerprint density at radius 3 is 2.58 bits per heavy atom. The molecule has 2 amide bonds. The topological polar surface area (TPSA) is 133 Å². The summed E-state index contributed by atoms with van der Waals surface area (Å²) in [6.45, 7) is 6.92. The Morgan fingerprint density at radius 1 is 1.00 bits per heavy atom. The van der Waals surface area contributed by atoms with Gasteiger partial charge in [0, 0.05) is 49.2 Å². The van der Waals surface area contributed by atoms with Crippen LogP contribution < -0.4 is 19.7 Å². The van der Waals surface area contributed by atoms with Crippen molar-refractivity contribution in [2.75, 3.05) is 50.1 Å². The lowest BCUT2D eigenvalue weighted by molar-refractivity contribution is 0.0767. The molecule has 3 aromatic carbocycles. The maximum absolute atomic E-state index is 13.9. The first-order valence-electron chi connectivity index (χ1n) is 17.1. The van der Waals surface area contributed by atoms with E-state index in [4.69, 9.17) is 19.2 Å². The van der Waals surface area contributed by atoms with E-state index < -0.39 is 18.0 Å². The molecule has 2 atom stereocenters. The normalized spacial score (nSPS) is 17.8. The molecular formula is C38H43N7O5. The number of benzene rings is 3. The summed E-state index contributed by atoms with van der Waals surface area (Å²) in [7, 11) is 1.59. The number of rotatable bonds is 11. The van der Waals surface area contributed by atoms with Crippen LogP contribution in [0.4, 0.5) is 16.3 Å². The Morgan fingerprint density at radius 2 is 1.80 bits per heavy atom. The lowest BCUT2D eigenvalue weighted by Crippen LogP contribution is -2.55. The summed E-state index contributed by atoms with van der Waals surface area (Å²) in [4.78, 5) is 42.4. The molecule has 0 spiro atoms. The molecule has 0 radical (unpaired) electrons. The summed E-state index contributed by atoms with van der Waals surface area (Å²) in [5, 5.41) is 14.5. The molecule has 3 heterocycles. The van der Waals surface area contributed by atoms with Crippen molar-refractivity contribution in [3.05, 3.63) is 84.1 Å². The third-order valence-corrected chi connectivity index (χ3v) is 9.31. The molecule has 4 aromatic rings. The average molecular weight is 678 g/mol. The number of nitrogens with zero attached hydrogens (tertiary/aromatic N) is 6. The number of likely N-dealkylation sites (tertiary alicyclic amines) is 1. The summed E-state index contributed by atoms with van der Waals surface area (Å²) in [5.74, 6) is 0.655. The van der Waals surface area contributed by atoms with E-state index in [0.29, 0.717) is 49.5 Å². The minimum Gasteiger partial charge on any atom is -0.497 e. The number of aromatic nitrogens is 2. The van der Waals surface area contributed by atoms with Crippen LogP contribution in [0.2, 0.25) is 0 Å². The minimum absolute atomic E-state index is 0.0975. The van der Waals surface area contributed by atoms with E-state index in [9.17, 15) is 14.9 Å². The zero-order chi connectivity index (χ0) is 35.0. The number of nitriles is 1. The molecular weight excluding hydrogens is 634 g/mol. The second kappa shape index (κ2) is 15.9. The largest absolute Gasteiger partial charge is 0.497 e. The smallest absolute Gasteiger partial charge is 0.410 e. The van der Waals surface area contributed by atoms with Crippen molar-refractivity contribution in [3.8, 4) is 17.8 Å². The highest BCUT2D eigenvalue weighted by Crippen LogP contribution is 2.30. The first kappa shape index (κ1) is 34.5. The third-order valence-electron chi connectivity index (χ3n) is 9.31. The number of nitrogens with one attached hydrogen (secondary N) is 1. The molecule has 2 aliphatic rings. The van der Waals surface area contributed by atoms with Crippen molar-refractivity contribution in [2.24, 2.45) is 0 Å². The maximum Gasteiger partial charge on any atom is 0.410 e. The number of ether oxygens (including phenoxy) is 3. The highest BCUT2D eigenvalue weighted by Gasteiger charge is 2.33. The Hall–Kier alpha value is -5.41. The molecule has 12 heteroatoms. The molecule has 50 heavy (non-hydrogen) atoms. The van der Waals surface area contributed by atoms with Gasteiger partial charge in [-0.1, -0.05) is 54.6 Å². The fourth-order valence-corrected chi connectivity index (χ4v) is 6.72. The van der Waals surface area contributed by atoms with E-state index in [2.05, 4.69) is 35.1 Å². The number of fused-ring (bicyclic) bond motifs is 1. The summed E-state index contributed by atoms with van der Waals surface area (Å²) in [6.07, 6.45) is 1.73. The van der Waals surface area contributed by atoms with Crippen LogP contribution >= 0.6 is 0 Å². The Labute approximate surface area is 292 Å². The van der Waals surface area contributed by atoms with E-state index in [1.54, 1.807) is 24.1 Å². The van der Waals surface area contributed by atoms with Crippen LogP contribution in [0.3, 0.4) is 0 Å². The quantitative estimate of drug-likeness (QED) is 0.205. The van der Waals surface area contributed by atoms with Gasteiger partial charge in [-0.25, -0.2) is 4.79 Å². The van der Waals surface area contributed by atoms with Crippen molar-refractivity contribution in [1.29, 1.82) is 5.26 Å². The monoisotopic (exact) mass is 677 g/mol. The van der Waals surface area contributed by atoms with Gasteiger partial charge in [-0.3, -0.25) is 9.69 Å². The van der Waals surface area contributed by atoms with Gasteiger partial charge in [0.05, 0.1) is 31.3 Å². The third kappa shape index (κ3) is 8.06. The molecule has 2 saturated heterocycles. The number of hydrogen-bond donors (Lipinski definition) is 1. The predicted molar refractivity (Wildman–Crippen MR) is 190 cm³/mol. The second-order valence-electron chi connectivity index (χ2n) is 12.9. The van der Waals surface area contributed by atoms with Gasteiger partial charge in [0.1, 0.15) is 30.5 Å². The average Bonchev–Trinajstić information content (AvgIpc) is 3.62. The molecule has 0 bridgehead atoms. The van der Waals surface area contributed by atoms with Gasteiger partial charge in [-0.2, -0.15) is 15.2 Å². The van der Waals surface area contributed by atoms with Crippen molar-refractivity contribution < 1.29 is 23.8 Å². The van der Waals surface area contributed by atoms with Crippen molar-refractivity contribution in [1.82, 2.24) is 19.8 Å². The fraction of sp³-hybridized carbons (Fsp3) is 0.395. The van der Waals surface area contributed by atoms with Gasteiger partial charge in [0.2, 0.25) is 0 Å². The molecule has 1 N–H and O–H groups in total. The van der Waals surface area contributed by atoms with Crippen LogP contribution in [0.5, 0.6) is 11.8 Å². The molecule has 0 saturated carbocycles. The van der Waals surface area contributed by atoms with Crippen LogP contribution in [-0.2, 0) is 11.3 Å². The molecule has 1 aromatic heterocycles. The van der Waals surface area contributed by atoms with Crippen molar-refractivity contribution >= 4 is 34.3 Å². The van der Waals surface area contributed by atoms with E-state index in [0.717, 1.165) is 35.7 Å². The molecule has 260 valence electrons. The minimum atomic E-state index is -0.475. The SMILES string of the molecule is COc1cc(NC(=O)c2cc(N3CCN(C(=O)OCc4ccccc4)[C@@H](CC#N)C3)nc(OC[C@@H]3CCCN3C(C)C)n2)c2ccccc2c1. The molecule has 2 aliphatic heterocycles. The van der Waals surface area contributed by atoms with Gasteiger partial charge in [0.25, 0.3) is 5.91 Å². The molecule has 0 unspecified atom stereocenters. The zero-order valence-electron chi connectivity index (χ0n) is 28.7. The van der Waals surface area contributed by atoms with Gasteiger partial charge >= 0.3 is 12.1 Å². The van der Waals surface area contributed by atoms with Gasteiger partial charge < -0.3 is 29.3 Å². The Balaban J connectivity index is 1.25. The summed E-state index contributed by atoms with van der Waals surface area (Å²) >= 11 is 0. The molecule has 0 aliphatic carbocycles. The Bertz CT molecular complexity index is 1850. The summed E-state index contributed by atoms with van der Waals surface area (Å²) in [5.41, 5.74) is 1.60. The fourth-order valence-electron chi connectivity index (χ4n) is 6.72. The number of anilines is 2. The van der Waals surface area contributed by atoms with Gasteiger partial charge in [-0.15, -0.1) is 0 Å². The van der Waals surface area contributed by atoms with E-state index in [1.807, 2.05) is 65.6 Å². The first-order valence-corrected chi connectivity index (χ1v) is 17.1. The highest BCUT2D eigenvalue weighted by molar-refractivity contribution is 6.09. The molecule has 6 rings (SSSR count). The van der Waals surface area contributed by atoms with Crippen LogP contribution in [0.25, 0.3) is 10.8 Å². The lowest BCUT2D eigenvalue weighted by atomic mass is 10.1. The van der Waals surface area contributed by atoms with Crippen LogP contribution in [-0.4, -0.2) is 89.8 Å². The molecule has 2 fully saturated rings. The first-order chi connectivity index (χ1) is 24.3. The standard InChI is InChI=1S/C38H43N7O5/c1-26(2)44-17-9-13-30(44)25-49-37-41-34(36(46)40-33-21-31(48-3)20-28-12-7-8-14-32(28)33)22-35(42-37)43-18-19-45(29(23-43)15-16-39)38(47)50-24-27-10-5-4-6-11-27/h4-8,10-12,14,20-22,26,29-30H,9,13,15,17-19,23-25H2,1-3H3,(H,40,46)/t29-,30-/m0/s1. The zero-order valence-corrected chi connectivity index (χ0v) is 28.7. The summed E-state index contributed by atoms with van der Waals surface area (Å²) < 4.78 is 17.3. The van der Waals surface area contributed by atoms with E-state index in [-0.39, 0.29) is 30.8 Å². The number of carbonyl (C=O) groups is 2. The number of piperazine rings is 1. The number of methoxy groups -OCH3 is 1. The number of hydrogen-bond acceptors (Lipinski definition) is 10. The van der Waals surface area contributed by atoms with Gasteiger partial charge in [-0.05, 0) is 50.2 Å².